The van der Waals surface area contributed by atoms with Crippen LogP contribution in [0.3, 0.4) is 0 Å². The van der Waals surface area contributed by atoms with Crippen molar-refractivity contribution in [1.82, 2.24) is 9.88 Å². The third-order valence-electron chi connectivity index (χ3n) is 5.83. The maximum atomic E-state index is 13.1. The Morgan fingerprint density at radius 2 is 1.97 bits per heavy atom. The first-order valence-electron chi connectivity index (χ1n) is 10.9. The van der Waals surface area contributed by atoms with Crippen molar-refractivity contribution < 1.29 is 14.7 Å². The Labute approximate surface area is 189 Å². The smallest absolute Gasteiger partial charge is 0.323 e. The molecule has 1 aromatic heterocycles. The minimum Gasteiger partial charge on any atom is -0.481 e. The van der Waals surface area contributed by atoms with Crippen molar-refractivity contribution in [3.05, 3.63) is 6.20 Å². The van der Waals surface area contributed by atoms with Crippen LogP contribution in [0.4, 0.5) is 9.93 Å². The molecule has 2 rings (SSSR count). The summed E-state index contributed by atoms with van der Waals surface area (Å²) in [5.74, 6) is 0.960. The van der Waals surface area contributed by atoms with Gasteiger partial charge in [0.1, 0.15) is 0 Å². The van der Waals surface area contributed by atoms with Gasteiger partial charge in [-0.05, 0) is 49.4 Å². The van der Waals surface area contributed by atoms with Gasteiger partial charge in [-0.2, -0.15) is 0 Å². The normalized spacial score (nSPS) is 19.7. The van der Waals surface area contributed by atoms with Crippen LogP contribution in [0.2, 0.25) is 0 Å². The van der Waals surface area contributed by atoms with Crippen LogP contribution in [-0.4, -0.2) is 45.3 Å². The monoisotopic (exact) mass is 455 g/mol. The zero-order valence-electron chi connectivity index (χ0n) is 18.9. The van der Waals surface area contributed by atoms with E-state index in [2.05, 4.69) is 44.9 Å². The summed E-state index contributed by atoms with van der Waals surface area (Å²) in [6.45, 7) is 12.1. The molecule has 0 unspecified atom stereocenters. The van der Waals surface area contributed by atoms with E-state index in [4.69, 9.17) is 5.11 Å². The average molecular weight is 456 g/mol. The number of nitrogens with zero attached hydrogens (tertiary/aromatic N) is 2. The Kier molecular flexibility index (Phi) is 9.47. The molecular formula is C22H37N3O3S2. The van der Waals surface area contributed by atoms with Gasteiger partial charge in [-0.15, -0.1) is 11.8 Å². The molecule has 30 heavy (non-hydrogen) atoms. The number of amides is 2. The fourth-order valence-corrected chi connectivity index (χ4v) is 5.75. The standard InChI is InChI=1S/C22H37N3O3S2/c1-15(2)10-12-25(17-8-6-16(7-9-17)22(3,4)5)21(28)24-20-23-14-19(30-20)29-13-11-18(26)27/h14-17H,6-13H2,1-5H3,(H,26,27)(H,23,24,28). The highest BCUT2D eigenvalue weighted by atomic mass is 32.2. The molecule has 2 amide bonds. The SMILES string of the molecule is CC(C)CCN(C(=O)Nc1ncc(SCCC(=O)O)s1)C1CCC(C(C)(C)C)CC1. The number of rotatable bonds is 9. The highest BCUT2D eigenvalue weighted by Crippen LogP contribution is 2.39. The van der Waals surface area contributed by atoms with E-state index in [1.54, 1.807) is 6.20 Å². The van der Waals surface area contributed by atoms with Gasteiger partial charge in [-0.1, -0.05) is 46.0 Å². The van der Waals surface area contributed by atoms with Crippen molar-refractivity contribution in [2.75, 3.05) is 17.6 Å². The van der Waals surface area contributed by atoms with E-state index in [0.29, 0.717) is 28.1 Å². The van der Waals surface area contributed by atoms with Gasteiger partial charge in [0.15, 0.2) is 5.13 Å². The van der Waals surface area contributed by atoms with Gasteiger partial charge in [0.05, 0.1) is 16.8 Å². The largest absolute Gasteiger partial charge is 0.481 e. The molecule has 0 bridgehead atoms. The van der Waals surface area contributed by atoms with Crippen LogP contribution < -0.4 is 5.32 Å². The number of hydrogen-bond acceptors (Lipinski definition) is 5. The number of nitrogens with one attached hydrogen (secondary N) is 1. The maximum Gasteiger partial charge on any atom is 0.323 e. The zero-order valence-corrected chi connectivity index (χ0v) is 20.6. The molecule has 1 heterocycles. The van der Waals surface area contributed by atoms with Crippen LogP contribution in [0, 0.1) is 17.3 Å². The number of carbonyl (C=O) groups excluding carboxylic acids is 1. The Bertz CT molecular complexity index is 692. The molecule has 1 aromatic rings. The van der Waals surface area contributed by atoms with Crippen LogP contribution in [0.5, 0.6) is 0 Å². The number of thioether (sulfide) groups is 1. The maximum absolute atomic E-state index is 13.1. The summed E-state index contributed by atoms with van der Waals surface area (Å²) in [5.41, 5.74) is 0.325. The molecule has 170 valence electrons. The molecule has 1 aliphatic rings. The molecule has 0 saturated heterocycles. The van der Waals surface area contributed by atoms with E-state index >= 15 is 0 Å². The van der Waals surface area contributed by atoms with E-state index in [-0.39, 0.29) is 18.5 Å². The predicted molar refractivity (Wildman–Crippen MR) is 125 cm³/mol. The van der Waals surface area contributed by atoms with Crippen LogP contribution in [-0.2, 0) is 4.79 Å². The lowest BCUT2D eigenvalue weighted by molar-refractivity contribution is -0.136. The molecule has 1 aliphatic carbocycles. The third-order valence-corrected chi connectivity index (χ3v) is 7.94. The summed E-state index contributed by atoms with van der Waals surface area (Å²) < 4.78 is 0.922. The van der Waals surface area contributed by atoms with E-state index in [9.17, 15) is 9.59 Å². The minimum absolute atomic E-state index is 0.0636. The van der Waals surface area contributed by atoms with E-state index < -0.39 is 5.97 Å². The molecule has 0 radical (unpaired) electrons. The van der Waals surface area contributed by atoms with Crippen LogP contribution in [0.1, 0.15) is 73.1 Å². The summed E-state index contributed by atoms with van der Waals surface area (Å²) in [5, 5.41) is 12.3. The van der Waals surface area contributed by atoms with E-state index in [1.165, 1.54) is 35.9 Å². The predicted octanol–water partition coefficient (Wildman–Crippen LogP) is 6.19. The molecule has 2 N–H and O–H groups in total. The number of hydrogen-bond donors (Lipinski definition) is 2. The van der Waals surface area contributed by atoms with Gasteiger partial charge >= 0.3 is 12.0 Å². The number of carboxylic acids is 1. The number of urea groups is 1. The van der Waals surface area contributed by atoms with Crippen molar-refractivity contribution in [2.45, 2.75) is 83.4 Å². The summed E-state index contributed by atoms with van der Waals surface area (Å²) in [4.78, 5) is 30.1. The molecule has 0 aromatic carbocycles. The molecule has 0 spiro atoms. The zero-order chi connectivity index (χ0) is 22.3. The molecule has 8 heteroatoms. The Hall–Kier alpha value is -1.28. The van der Waals surface area contributed by atoms with Gasteiger partial charge in [0.25, 0.3) is 0 Å². The molecule has 0 atom stereocenters. The molecular weight excluding hydrogens is 418 g/mol. The molecule has 1 saturated carbocycles. The number of aliphatic carboxylic acids is 1. The number of carboxylic acid groups (broad SMARTS) is 1. The van der Waals surface area contributed by atoms with Crippen molar-refractivity contribution in [3.63, 3.8) is 0 Å². The summed E-state index contributed by atoms with van der Waals surface area (Å²) in [6, 6.07) is 0.220. The van der Waals surface area contributed by atoms with Crippen LogP contribution in [0.15, 0.2) is 10.4 Å². The highest BCUT2D eigenvalue weighted by Gasteiger charge is 2.33. The van der Waals surface area contributed by atoms with E-state index in [1.807, 2.05) is 4.90 Å². The van der Waals surface area contributed by atoms with Crippen molar-refractivity contribution in [1.29, 1.82) is 0 Å². The Balaban J connectivity index is 1.97. The number of carbonyl (C=O) groups is 2. The molecule has 1 fully saturated rings. The van der Waals surface area contributed by atoms with Crippen molar-refractivity contribution in [2.24, 2.45) is 17.3 Å². The second-order valence-corrected chi connectivity index (χ2v) is 12.1. The fraction of sp³-hybridized carbons (Fsp3) is 0.773. The Morgan fingerprint density at radius 3 is 2.53 bits per heavy atom. The average Bonchev–Trinajstić information content (AvgIpc) is 3.08. The quantitative estimate of drug-likeness (QED) is 0.434. The highest BCUT2D eigenvalue weighted by molar-refractivity contribution is 8.01. The third kappa shape index (κ3) is 8.10. The first kappa shape index (κ1) is 25.0. The first-order chi connectivity index (χ1) is 14.1. The van der Waals surface area contributed by atoms with Gasteiger partial charge in [-0.25, -0.2) is 9.78 Å². The number of anilines is 1. The second kappa shape index (κ2) is 11.4. The van der Waals surface area contributed by atoms with Gasteiger partial charge in [0, 0.05) is 18.3 Å². The lowest BCUT2D eigenvalue weighted by atomic mass is 9.71. The van der Waals surface area contributed by atoms with Gasteiger partial charge in [-0.3, -0.25) is 10.1 Å². The molecule has 0 aliphatic heterocycles. The summed E-state index contributed by atoms with van der Waals surface area (Å²) >= 11 is 2.87. The van der Waals surface area contributed by atoms with Gasteiger partial charge < -0.3 is 10.0 Å². The summed E-state index contributed by atoms with van der Waals surface area (Å²) in [6.07, 6.45) is 7.26. The van der Waals surface area contributed by atoms with E-state index in [0.717, 1.165) is 30.0 Å². The lowest BCUT2D eigenvalue weighted by Gasteiger charge is -2.41. The summed E-state index contributed by atoms with van der Waals surface area (Å²) in [7, 11) is 0. The first-order valence-corrected chi connectivity index (χ1v) is 12.7. The minimum atomic E-state index is -0.803. The lowest BCUT2D eigenvalue weighted by Crippen LogP contribution is -2.46. The molecule has 6 nitrogen and oxygen atoms in total. The Morgan fingerprint density at radius 1 is 1.30 bits per heavy atom. The van der Waals surface area contributed by atoms with Crippen molar-refractivity contribution in [3.8, 4) is 0 Å². The number of aromatic nitrogens is 1. The van der Waals surface area contributed by atoms with Crippen LogP contribution >= 0.6 is 23.1 Å². The number of thiazole rings is 1. The topological polar surface area (TPSA) is 82.5 Å². The second-order valence-electron chi connectivity index (χ2n) is 9.65. The van der Waals surface area contributed by atoms with Gasteiger partial charge in [0.2, 0.25) is 0 Å². The van der Waals surface area contributed by atoms with Crippen molar-refractivity contribution >= 4 is 40.2 Å². The van der Waals surface area contributed by atoms with Crippen LogP contribution in [0.25, 0.3) is 0 Å². The fourth-order valence-electron chi connectivity index (χ4n) is 3.89.